The van der Waals surface area contributed by atoms with Crippen molar-refractivity contribution in [2.24, 2.45) is 5.41 Å². The van der Waals surface area contributed by atoms with Crippen LogP contribution in [0.1, 0.15) is 13.3 Å². The number of aliphatic hydroxyl groups excluding tert-OH is 2. The summed E-state index contributed by atoms with van der Waals surface area (Å²) >= 11 is 0. The van der Waals surface area contributed by atoms with E-state index in [9.17, 15) is 4.57 Å². The first-order chi connectivity index (χ1) is 5.89. The Morgan fingerprint density at radius 2 is 1.77 bits per heavy atom. The lowest BCUT2D eigenvalue weighted by atomic mass is 9.88. The first kappa shape index (κ1) is 13.0. The van der Waals surface area contributed by atoms with Crippen molar-refractivity contribution in [3.63, 3.8) is 0 Å². The molecule has 0 aliphatic rings. The summed E-state index contributed by atoms with van der Waals surface area (Å²) in [5, 5.41) is 17.8. The molecular formula is C6H15O6P. The molecule has 13 heavy (non-hydrogen) atoms. The normalized spacial score (nSPS) is 13.3. The van der Waals surface area contributed by atoms with Crippen LogP contribution >= 0.6 is 7.82 Å². The minimum absolute atomic E-state index is 0.360. The molecule has 0 radical (unpaired) electrons. The summed E-state index contributed by atoms with van der Waals surface area (Å²) in [4.78, 5) is 16.8. The van der Waals surface area contributed by atoms with E-state index in [2.05, 4.69) is 4.52 Å². The topological polar surface area (TPSA) is 107 Å². The highest BCUT2D eigenvalue weighted by Crippen LogP contribution is 2.38. The van der Waals surface area contributed by atoms with Crippen LogP contribution in [0.4, 0.5) is 0 Å². The van der Waals surface area contributed by atoms with Gasteiger partial charge in [-0.2, -0.15) is 0 Å². The highest BCUT2D eigenvalue weighted by Gasteiger charge is 2.30. The Kier molecular flexibility index (Phi) is 5.06. The molecule has 6 nitrogen and oxygen atoms in total. The summed E-state index contributed by atoms with van der Waals surface area (Å²) < 4.78 is 14.5. The van der Waals surface area contributed by atoms with Crippen LogP contribution in [-0.4, -0.2) is 39.8 Å². The highest BCUT2D eigenvalue weighted by molar-refractivity contribution is 7.46. The van der Waals surface area contributed by atoms with E-state index in [0.29, 0.717) is 6.42 Å². The van der Waals surface area contributed by atoms with Crippen LogP contribution in [0.25, 0.3) is 0 Å². The van der Waals surface area contributed by atoms with E-state index in [0.717, 1.165) is 0 Å². The van der Waals surface area contributed by atoms with Crippen molar-refractivity contribution in [3.05, 3.63) is 0 Å². The van der Waals surface area contributed by atoms with Crippen LogP contribution in [0.15, 0.2) is 0 Å². The van der Waals surface area contributed by atoms with Crippen molar-refractivity contribution >= 4 is 7.82 Å². The zero-order chi connectivity index (χ0) is 10.5. The van der Waals surface area contributed by atoms with Crippen LogP contribution in [-0.2, 0) is 9.09 Å². The van der Waals surface area contributed by atoms with E-state index in [4.69, 9.17) is 20.0 Å². The molecule has 0 unspecified atom stereocenters. The Morgan fingerprint density at radius 1 is 1.31 bits per heavy atom. The van der Waals surface area contributed by atoms with Gasteiger partial charge in [-0.05, 0) is 6.42 Å². The molecule has 0 aromatic heterocycles. The Balaban J connectivity index is 4.19. The van der Waals surface area contributed by atoms with E-state index < -0.39 is 13.2 Å². The summed E-state index contributed by atoms with van der Waals surface area (Å²) in [6.07, 6.45) is 0.375. The quantitative estimate of drug-likeness (QED) is 0.443. The third-order valence-corrected chi connectivity index (χ3v) is 2.43. The van der Waals surface area contributed by atoms with Gasteiger partial charge in [0.1, 0.15) is 0 Å². The van der Waals surface area contributed by atoms with Gasteiger partial charge in [-0.1, -0.05) is 6.92 Å². The summed E-state index contributed by atoms with van der Waals surface area (Å²) in [6, 6.07) is 0. The molecule has 0 spiro atoms. The van der Waals surface area contributed by atoms with Gasteiger partial charge >= 0.3 is 7.82 Å². The average molecular weight is 214 g/mol. The number of aliphatic hydroxyl groups is 2. The van der Waals surface area contributed by atoms with Crippen LogP contribution in [0.5, 0.6) is 0 Å². The van der Waals surface area contributed by atoms with Crippen molar-refractivity contribution < 1.29 is 29.1 Å². The summed E-state index contributed by atoms with van der Waals surface area (Å²) in [6.45, 7) is 0.580. The number of hydrogen-bond donors (Lipinski definition) is 4. The molecule has 7 heteroatoms. The van der Waals surface area contributed by atoms with Crippen molar-refractivity contribution in [1.82, 2.24) is 0 Å². The van der Waals surface area contributed by atoms with Gasteiger partial charge in [-0.3, -0.25) is 4.52 Å². The molecule has 0 heterocycles. The fraction of sp³-hybridized carbons (Fsp3) is 1.00. The molecule has 0 bridgehead atoms. The van der Waals surface area contributed by atoms with Gasteiger partial charge in [-0.25, -0.2) is 4.57 Å². The van der Waals surface area contributed by atoms with E-state index in [-0.39, 0.29) is 19.8 Å². The van der Waals surface area contributed by atoms with E-state index in [1.165, 1.54) is 0 Å². The largest absolute Gasteiger partial charge is 0.469 e. The van der Waals surface area contributed by atoms with Crippen molar-refractivity contribution in [2.45, 2.75) is 13.3 Å². The van der Waals surface area contributed by atoms with Gasteiger partial charge in [-0.15, -0.1) is 0 Å². The van der Waals surface area contributed by atoms with Crippen molar-refractivity contribution in [2.75, 3.05) is 19.8 Å². The predicted octanol–water partition coefficient (Wildman–Crippen LogP) is -0.523. The highest BCUT2D eigenvalue weighted by atomic mass is 31.2. The van der Waals surface area contributed by atoms with Gasteiger partial charge in [0.15, 0.2) is 0 Å². The van der Waals surface area contributed by atoms with Crippen LogP contribution in [0.2, 0.25) is 0 Å². The first-order valence-electron chi connectivity index (χ1n) is 3.81. The second-order valence-corrected chi connectivity index (χ2v) is 4.17. The maximum absolute atomic E-state index is 10.3. The number of hydrogen-bond acceptors (Lipinski definition) is 4. The lowest BCUT2D eigenvalue weighted by molar-refractivity contribution is 0.00269. The molecule has 0 aromatic carbocycles. The maximum atomic E-state index is 10.3. The second kappa shape index (κ2) is 5.05. The minimum atomic E-state index is -4.52. The smallest absolute Gasteiger partial charge is 0.396 e. The van der Waals surface area contributed by atoms with Crippen molar-refractivity contribution in [3.8, 4) is 0 Å². The van der Waals surface area contributed by atoms with Gasteiger partial charge in [0.25, 0.3) is 0 Å². The van der Waals surface area contributed by atoms with Gasteiger partial charge in [0.2, 0.25) is 0 Å². The summed E-state index contributed by atoms with van der Waals surface area (Å²) in [7, 11) is -4.52. The third-order valence-electron chi connectivity index (χ3n) is 1.96. The maximum Gasteiger partial charge on any atom is 0.469 e. The van der Waals surface area contributed by atoms with Crippen LogP contribution < -0.4 is 0 Å². The summed E-state index contributed by atoms with van der Waals surface area (Å²) in [5.41, 5.74) is -0.971. The zero-order valence-corrected chi connectivity index (χ0v) is 8.28. The summed E-state index contributed by atoms with van der Waals surface area (Å²) in [5.74, 6) is 0. The van der Waals surface area contributed by atoms with E-state index in [1.807, 2.05) is 0 Å². The Hall–Kier alpha value is 0.0300. The van der Waals surface area contributed by atoms with E-state index >= 15 is 0 Å². The third kappa shape index (κ3) is 4.71. The van der Waals surface area contributed by atoms with Crippen LogP contribution in [0.3, 0.4) is 0 Å². The van der Waals surface area contributed by atoms with E-state index in [1.54, 1.807) is 6.92 Å². The molecule has 0 aromatic rings. The zero-order valence-electron chi connectivity index (χ0n) is 7.38. The minimum Gasteiger partial charge on any atom is -0.396 e. The van der Waals surface area contributed by atoms with Gasteiger partial charge < -0.3 is 20.0 Å². The molecule has 4 N–H and O–H groups in total. The monoisotopic (exact) mass is 214 g/mol. The molecule has 0 aliphatic heterocycles. The lowest BCUT2D eigenvalue weighted by Gasteiger charge is -2.27. The van der Waals surface area contributed by atoms with Gasteiger partial charge in [0, 0.05) is 5.41 Å². The second-order valence-electron chi connectivity index (χ2n) is 2.93. The molecule has 0 fully saturated rings. The molecule has 0 saturated carbocycles. The molecule has 80 valence electrons. The molecule has 0 atom stereocenters. The Morgan fingerprint density at radius 3 is 2.00 bits per heavy atom. The first-order valence-corrected chi connectivity index (χ1v) is 5.34. The number of rotatable bonds is 6. The Labute approximate surface area is 76.4 Å². The molecule has 0 amide bonds. The number of phosphoric ester groups is 1. The molecule has 0 rings (SSSR count). The lowest BCUT2D eigenvalue weighted by Crippen LogP contribution is -2.33. The number of phosphoric acid groups is 1. The molecule has 0 aliphatic carbocycles. The molecular weight excluding hydrogens is 199 g/mol. The van der Waals surface area contributed by atoms with Crippen molar-refractivity contribution in [1.29, 1.82) is 0 Å². The Bertz CT molecular complexity index is 175. The fourth-order valence-electron chi connectivity index (χ4n) is 0.688. The SMILES string of the molecule is CCC(CO)(CO)COP(=O)(O)O. The van der Waals surface area contributed by atoms with Gasteiger partial charge in [0.05, 0.1) is 19.8 Å². The predicted molar refractivity (Wildman–Crippen MR) is 44.9 cm³/mol. The fourth-order valence-corrected chi connectivity index (χ4v) is 1.13. The average Bonchev–Trinajstić information content (AvgIpc) is 2.06. The van der Waals surface area contributed by atoms with Crippen LogP contribution in [0, 0.1) is 5.41 Å². The standard InChI is InChI=1S/C6H15O6P/c1-2-6(3-7,4-8)5-12-13(9,10)11/h7-8H,2-5H2,1H3,(H2,9,10,11). The molecule has 0 saturated heterocycles.